The van der Waals surface area contributed by atoms with Crippen molar-refractivity contribution in [3.8, 4) is 0 Å². The molecule has 0 spiro atoms. The molecular weight excluding hydrogens is 435 g/mol. The molecule has 4 rings (SSSR count). The van der Waals surface area contributed by atoms with Crippen LogP contribution < -0.4 is 5.32 Å². The molecule has 0 bridgehead atoms. The number of anilines is 1. The summed E-state index contributed by atoms with van der Waals surface area (Å²) in [6.45, 7) is 4.97. The molecule has 2 fully saturated rings. The maximum atomic E-state index is 13.2. The third-order valence-electron chi connectivity index (χ3n) is 6.91. The monoisotopic (exact) mass is 468 g/mol. The predicted octanol–water partition coefficient (Wildman–Crippen LogP) is 2.87. The number of hydrogen-bond acceptors (Lipinski definition) is 6. The smallest absolute Gasteiger partial charge is 0.259 e. The van der Waals surface area contributed by atoms with E-state index in [4.69, 9.17) is 0 Å². The summed E-state index contributed by atoms with van der Waals surface area (Å²) in [7, 11) is 4.17. The molecule has 2 amide bonds. The molecule has 0 unspecified atom stereocenters. The Morgan fingerprint density at radius 1 is 1.15 bits per heavy atom. The zero-order valence-corrected chi connectivity index (χ0v) is 20.1. The summed E-state index contributed by atoms with van der Waals surface area (Å²) in [5, 5.41) is 2.74. The molecule has 2 aromatic rings. The van der Waals surface area contributed by atoms with Gasteiger partial charge in [-0.25, -0.2) is 14.4 Å². The summed E-state index contributed by atoms with van der Waals surface area (Å²) in [6, 6.07) is 5.84. The molecule has 0 saturated carbocycles. The number of likely N-dealkylation sites (tertiary alicyclic amines) is 2. The largest absolute Gasteiger partial charge is 0.331 e. The Labute approximate surface area is 200 Å². The minimum atomic E-state index is -0.366. The van der Waals surface area contributed by atoms with Crippen molar-refractivity contribution >= 4 is 17.5 Å². The van der Waals surface area contributed by atoms with Crippen molar-refractivity contribution in [3.05, 3.63) is 53.4 Å². The highest BCUT2D eigenvalue weighted by atomic mass is 19.1. The van der Waals surface area contributed by atoms with Crippen LogP contribution in [0.1, 0.15) is 53.6 Å². The molecule has 182 valence electrons. The average Bonchev–Trinajstić information content (AvgIpc) is 3.31. The number of nitrogens with zero attached hydrogens (tertiary/aromatic N) is 5. The number of hydrogen-bond donors (Lipinski definition) is 1. The van der Waals surface area contributed by atoms with Gasteiger partial charge < -0.3 is 15.1 Å². The lowest BCUT2D eigenvalue weighted by Gasteiger charge is -2.35. The van der Waals surface area contributed by atoms with Gasteiger partial charge in [0, 0.05) is 24.5 Å². The second-order valence-corrected chi connectivity index (χ2v) is 9.38. The van der Waals surface area contributed by atoms with Crippen molar-refractivity contribution < 1.29 is 14.0 Å². The van der Waals surface area contributed by atoms with E-state index in [-0.39, 0.29) is 23.7 Å². The summed E-state index contributed by atoms with van der Waals surface area (Å²) < 4.78 is 13.1. The van der Waals surface area contributed by atoms with Crippen LogP contribution in [0.3, 0.4) is 0 Å². The highest BCUT2D eigenvalue weighted by Gasteiger charge is 2.33. The second-order valence-electron chi connectivity index (χ2n) is 9.38. The molecule has 8 nitrogen and oxygen atoms in total. The molecule has 0 radical (unpaired) electrons. The van der Waals surface area contributed by atoms with Crippen molar-refractivity contribution in [1.29, 1.82) is 0 Å². The fourth-order valence-corrected chi connectivity index (χ4v) is 4.80. The molecule has 3 heterocycles. The van der Waals surface area contributed by atoms with Crippen molar-refractivity contribution in [3.63, 3.8) is 0 Å². The topological polar surface area (TPSA) is 81.7 Å². The van der Waals surface area contributed by atoms with Gasteiger partial charge in [0.05, 0.1) is 23.8 Å². The van der Waals surface area contributed by atoms with Crippen LogP contribution in [0.15, 0.2) is 30.5 Å². The minimum absolute atomic E-state index is 0.100. The van der Waals surface area contributed by atoms with Crippen LogP contribution in [0.2, 0.25) is 0 Å². The first kappa shape index (κ1) is 24.2. The lowest BCUT2D eigenvalue weighted by molar-refractivity contribution is -0.133. The predicted molar refractivity (Wildman–Crippen MR) is 128 cm³/mol. The van der Waals surface area contributed by atoms with Crippen LogP contribution in [-0.4, -0.2) is 82.8 Å². The average molecular weight is 469 g/mol. The quantitative estimate of drug-likeness (QED) is 0.702. The lowest BCUT2D eigenvalue weighted by Crippen LogP contribution is -2.46. The van der Waals surface area contributed by atoms with E-state index in [1.165, 1.54) is 30.5 Å². The number of halogens is 1. The zero-order chi connectivity index (χ0) is 24.2. The van der Waals surface area contributed by atoms with Crippen LogP contribution in [-0.2, 0) is 4.79 Å². The second kappa shape index (κ2) is 10.6. The number of benzene rings is 1. The maximum absolute atomic E-state index is 13.2. The van der Waals surface area contributed by atoms with E-state index in [1.807, 2.05) is 11.9 Å². The first-order valence-corrected chi connectivity index (χ1v) is 11.9. The number of aromatic nitrogens is 2. The third-order valence-corrected chi connectivity index (χ3v) is 6.91. The summed E-state index contributed by atoms with van der Waals surface area (Å²) in [4.78, 5) is 41.3. The van der Waals surface area contributed by atoms with E-state index in [0.717, 1.165) is 38.8 Å². The van der Waals surface area contributed by atoms with Gasteiger partial charge in [0.15, 0.2) is 5.82 Å². The van der Waals surface area contributed by atoms with Gasteiger partial charge in [-0.15, -0.1) is 0 Å². The molecular formula is C25H33FN6O2. The Hall–Kier alpha value is -2.91. The molecule has 1 aromatic carbocycles. The molecule has 1 aromatic heterocycles. The summed E-state index contributed by atoms with van der Waals surface area (Å²) in [5.74, 6) is -0.0447. The molecule has 34 heavy (non-hydrogen) atoms. The van der Waals surface area contributed by atoms with Gasteiger partial charge in [0.2, 0.25) is 5.91 Å². The SMILES string of the molecule is Cc1nc([C@@H]2CCCN2C(=O)CN(C)C2CCN(C)CC2)ncc1C(=O)Nc1ccc(F)cc1. The highest BCUT2D eigenvalue weighted by Crippen LogP contribution is 2.30. The fraction of sp³-hybridized carbons (Fsp3) is 0.520. The van der Waals surface area contributed by atoms with E-state index < -0.39 is 0 Å². The summed E-state index contributed by atoms with van der Waals surface area (Å²) in [5.41, 5.74) is 1.40. The Kier molecular flexibility index (Phi) is 7.53. The van der Waals surface area contributed by atoms with Crippen LogP contribution in [0.4, 0.5) is 10.1 Å². The molecule has 2 saturated heterocycles. The van der Waals surface area contributed by atoms with Gasteiger partial charge in [-0.3, -0.25) is 14.5 Å². The minimum Gasteiger partial charge on any atom is -0.331 e. The van der Waals surface area contributed by atoms with Gasteiger partial charge in [0.25, 0.3) is 5.91 Å². The maximum Gasteiger partial charge on any atom is 0.259 e. The molecule has 0 aliphatic carbocycles. The third kappa shape index (κ3) is 5.59. The van der Waals surface area contributed by atoms with E-state index >= 15 is 0 Å². The Bertz CT molecular complexity index is 1020. The number of likely N-dealkylation sites (N-methyl/N-ethyl adjacent to an activating group) is 1. The molecule has 9 heteroatoms. The Balaban J connectivity index is 1.40. The van der Waals surface area contributed by atoms with Crippen molar-refractivity contribution in [1.82, 2.24) is 24.7 Å². The number of rotatable bonds is 6. The number of aryl methyl sites for hydroxylation is 1. The van der Waals surface area contributed by atoms with Gasteiger partial charge in [-0.05, 0) is 84.1 Å². The number of amides is 2. The Morgan fingerprint density at radius 2 is 1.85 bits per heavy atom. The fourth-order valence-electron chi connectivity index (χ4n) is 4.80. The van der Waals surface area contributed by atoms with Gasteiger partial charge in [-0.1, -0.05) is 0 Å². The number of carbonyl (C=O) groups is 2. The van der Waals surface area contributed by atoms with Crippen molar-refractivity contribution in [2.75, 3.05) is 45.6 Å². The number of carbonyl (C=O) groups excluding carboxylic acids is 2. The van der Waals surface area contributed by atoms with Crippen LogP contribution in [0.5, 0.6) is 0 Å². The summed E-state index contributed by atoms with van der Waals surface area (Å²) in [6.07, 6.45) is 5.39. The molecule has 1 N–H and O–H groups in total. The van der Waals surface area contributed by atoms with Crippen LogP contribution >= 0.6 is 0 Å². The van der Waals surface area contributed by atoms with E-state index in [9.17, 15) is 14.0 Å². The number of nitrogens with one attached hydrogen (secondary N) is 1. The first-order chi connectivity index (χ1) is 16.3. The van der Waals surface area contributed by atoms with Gasteiger partial charge in [0.1, 0.15) is 5.82 Å². The molecule has 2 aliphatic heterocycles. The van der Waals surface area contributed by atoms with Crippen molar-refractivity contribution in [2.45, 2.75) is 44.7 Å². The van der Waals surface area contributed by atoms with Crippen molar-refractivity contribution in [2.24, 2.45) is 0 Å². The zero-order valence-electron chi connectivity index (χ0n) is 20.1. The van der Waals surface area contributed by atoms with Gasteiger partial charge in [-0.2, -0.15) is 0 Å². The first-order valence-electron chi connectivity index (χ1n) is 11.9. The van der Waals surface area contributed by atoms with Crippen LogP contribution in [0.25, 0.3) is 0 Å². The summed E-state index contributed by atoms with van der Waals surface area (Å²) >= 11 is 0. The lowest BCUT2D eigenvalue weighted by atomic mass is 10.0. The van der Waals surface area contributed by atoms with Gasteiger partial charge >= 0.3 is 0 Å². The molecule has 1 atom stereocenters. The highest BCUT2D eigenvalue weighted by molar-refractivity contribution is 6.04. The molecule has 2 aliphatic rings. The number of piperidine rings is 1. The van der Waals surface area contributed by atoms with E-state index in [1.54, 1.807) is 6.92 Å². The Morgan fingerprint density at radius 3 is 2.53 bits per heavy atom. The van der Waals surface area contributed by atoms with Crippen LogP contribution in [0, 0.1) is 12.7 Å². The standard InChI is InChI=1S/C25H33FN6O2/c1-17-21(25(34)29-19-8-6-18(26)7-9-19)15-27-24(28-17)22-5-4-12-32(22)23(33)16-31(3)20-10-13-30(2)14-11-20/h6-9,15,20,22H,4-5,10-14,16H2,1-3H3,(H,29,34)/t22-/m0/s1. The van der Waals surface area contributed by atoms with E-state index in [2.05, 4.69) is 32.1 Å². The normalized spacial score (nSPS) is 19.6. The van der Waals surface area contributed by atoms with E-state index in [0.29, 0.717) is 41.9 Å².